The van der Waals surface area contributed by atoms with Crippen LogP contribution in [-0.2, 0) is 20.7 Å². The Kier molecular flexibility index (Phi) is 2.89. The first-order chi connectivity index (χ1) is 11.1. The van der Waals surface area contributed by atoms with E-state index >= 15 is 0 Å². The van der Waals surface area contributed by atoms with Crippen molar-refractivity contribution in [3.63, 3.8) is 0 Å². The molecule has 0 fully saturated rings. The molecule has 0 aliphatic heterocycles. The Morgan fingerprint density at radius 3 is 2.57 bits per heavy atom. The van der Waals surface area contributed by atoms with Crippen molar-refractivity contribution in [2.45, 2.75) is 6.61 Å². The molecule has 0 aliphatic carbocycles. The van der Waals surface area contributed by atoms with Gasteiger partial charge in [-0.3, -0.25) is 9.13 Å². The average molecular weight is 308 g/mol. The van der Waals surface area contributed by atoms with Crippen LogP contribution in [0, 0.1) is 0 Å². The van der Waals surface area contributed by atoms with Crippen LogP contribution in [0.5, 0.6) is 0 Å². The van der Waals surface area contributed by atoms with Gasteiger partial charge in [0.15, 0.2) is 0 Å². The molecular weight excluding hydrogens is 292 g/mol. The van der Waals surface area contributed by atoms with Gasteiger partial charge in [0, 0.05) is 25.2 Å². The number of rotatable bonds is 2. The highest BCUT2D eigenvalue weighted by atomic mass is 16.3. The SMILES string of the molecule is Cn1c(CO)cc2cc(-n3c(=O)n(C)c4ccccc43)cnc21. The first-order valence-electron chi connectivity index (χ1n) is 7.34. The second kappa shape index (κ2) is 4.82. The summed E-state index contributed by atoms with van der Waals surface area (Å²) in [5.41, 5.74) is 3.90. The standard InChI is InChI=1S/C17H16N4O2/c1-19-13(10-22)8-11-7-12(9-18-16(11)19)21-15-6-4-3-5-14(15)20(2)17(21)23/h3-9,22H,10H2,1-2H3. The lowest BCUT2D eigenvalue weighted by molar-refractivity contribution is 0.273. The van der Waals surface area contributed by atoms with Crippen molar-refractivity contribution in [1.82, 2.24) is 18.7 Å². The number of para-hydroxylation sites is 2. The third-order valence-electron chi connectivity index (χ3n) is 4.33. The zero-order valence-corrected chi connectivity index (χ0v) is 12.9. The molecule has 4 rings (SSSR count). The lowest BCUT2D eigenvalue weighted by Crippen LogP contribution is -2.20. The molecule has 0 saturated carbocycles. The summed E-state index contributed by atoms with van der Waals surface area (Å²) in [5, 5.41) is 10.3. The molecule has 0 amide bonds. The molecule has 4 aromatic rings. The van der Waals surface area contributed by atoms with E-state index < -0.39 is 0 Å². The summed E-state index contributed by atoms with van der Waals surface area (Å²) in [6, 6.07) is 11.5. The van der Waals surface area contributed by atoms with Crippen LogP contribution in [-0.4, -0.2) is 23.8 Å². The van der Waals surface area contributed by atoms with Crippen molar-refractivity contribution in [3.05, 3.63) is 58.8 Å². The van der Waals surface area contributed by atoms with Gasteiger partial charge in [0.1, 0.15) is 5.65 Å². The zero-order valence-electron chi connectivity index (χ0n) is 12.9. The summed E-state index contributed by atoms with van der Waals surface area (Å²) >= 11 is 0. The summed E-state index contributed by atoms with van der Waals surface area (Å²) < 4.78 is 5.14. The molecule has 23 heavy (non-hydrogen) atoms. The van der Waals surface area contributed by atoms with Crippen molar-refractivity contribution in [1.29, 1.82) is 0 Å². The number of aliphatic hydroxyl groups excluding tert-OH is 1. The highest BCUT2D eigenvalue weighted by molar-refractivity contribution is 5.82. The summed E-state index contributed by atoms with van der Waals surface area (Å²) in [4.78, 5) is 17.1. The van der Waals surface area contributed by atoms with Gasteiger partial charge >= 0.3 is 5.69 Å². The number of aryl methyl sites for hydroxylation is 2. The summed E-state index contributed by atoms with van der Waals surface area (Å²) in [6.45, 7) is -0.0452. The van der Waals surface area contributed by atoms with Crippen LogP contribution >= 0.6 is 0 Å². The third-order valence-corrected chi connectivity index (χ3v) is 4.33. The van der Waals surface area contributed by atoms with Gasteiger partial charge in [-0.25, -0.2) is 9.78 Å². The monoisotopic (exact) mass is 308 g/mol. The lowest BCUT2D eigenvalue weighted by atomic mass is 10.2. The first-order valence-corrected chi connectivity index (χ1v) is 7.34. The van der Waals surface area contributed by atoms with E-state index in [4.69, 9.17) is 0 Å². The first kappa shape index (κ1) is 13.8. The van der Waals surface area contributed by atoms with Crippen molar-refractivity contribution in [3.8, 4) is 5.69 Å². The molecular formula is C17H16N4O2. The molecule has 0 saturated heterocycles. The molecule has 3 aromatic heterocycles. The fraction of sp³-hybridized carbons (Fsp3) is 0.176. The fourth-order valence-corrected chi connectivity index (χ4v) is 3.08. The quantitative estimate of drug-likeness (QED) is 0.613. The number of aromatic nitrogens is 4. The highest BCUT2D eigenvalue weighted by Crippen LogP contribution is 2.22. The minimum atomic E-state index is -0.106. The van der Waals surface area contributed by atoms with Crippen LogP contribution in [0.25, 0.3) is 27.8 Å². The second-order valence-electron chi connectivity index (χ2n) is 5.62. The second-order valence-corrected chi connectivity index (χ2v) is 5.62. The molecule has 1 aromatic carbocycles. The van der Waals surface area contributed by atoms with Gasteiger partial charge < -0.3 is 9.67 Å². The Bertz CT molecular complexity index is 1100. The van der Waals surface area contributed by atoms with Crippen molar-refractivity contribution < 1.29 is 5.11 Å². The van der Waals surface area contributed by atoms with Crippen LogP contribution in [0.15, 0.2) is 47.4 Å². The van der Waals surface area contributed by atoms with Crippen molar-refractivity contribution in [2.75, 3.05) is 0 Å². The maximum absolute atomic E-state index is 12.6. The van der Waals surface area contributed by atoms with Gasteiger partial charge in [-0.2, -0.15) is 0 Å². The highest BCUT2D eigenvalue weighted by Gasteiger charge is 2.14. The number of nitrogens with zero attached hydrogens (tertiary/aromatic N) is 4. The predicted molar refractivity (Wildman–Crippen MR) is 88.7 cm³/mol. The summed E-state index contributed by atoms with van der Waals surface area (Å²) in [6.07, 6.45) is 1.69. The molecule has 3 heterocycles. The maximum atomic E-state index is 12.6. The Morgan fingerprint density at radius 2 is 1.83 bits per heavy atom. The fourth-order valence-electron chi connectivity index (χ4n) is 3.08. The zero-order chi connectivity index (χ0) is 16.1. The topological polar surface area (TPSA) is 65.0 Å². The van der Waals surface area contributed by atoms with E-state index in [1.165, 1.54) is 0 Å². The van der Waals surface area contributed by atoms with E-state index in [2.05, 4.69) is 4.98 Å². The number of imidazole rings is 1. The Hall–Kier alpha value is -2.86. The third kappa shape index (κ3) is 1.85. The minimum Gasteiger partial charge on any atom is -0.390 e. The largest absolute Gasteiger partial charge is 0.390 e. The van der Waals surface area contributed by atoms with E-state index in [-0.39, 0.29) is 12.3 Å². The molecule has 0 atom stereocenters. The molecule has 0 aliphatic rings. The molecule has 0 unspecified atom stereocenters. The van der Waals surface area contributed by atoms with Crippen LogP contribution < -0.4 is 5.69 Å². The van der Waals surface area contributed by atoms with E-state index in [0.717, 1.165) is 33.4 Å². The summed E-state index contributed by atoms with van der Waals surface area (Å²) in [7, 11) is 3.63. The average Bonchev–Trinajstić information content (AvgIpc) is 3.03. The number of hydrogen-bond donors (Lipinski definition) is 1. The molecule has 116 valence electrons. The maximum Gasteiger partial charge on any atom is 0.333 e. The molecule has 0 bridgehead atoms. The van der Waals surface area contributed by atoms with Crippen molar-refractivity contribution >= 4 is 22.1 Å². The van der Waals surface area contributed by atoms with Crippen LogP contribution in [0.4, 0.5) is 0 Å². The van der Waals surface area contributed by atoms with E-state index in [1.807, 2.05) is 48.0 Å². The van der Waals surface area contributed by atoms with Crippen LogP contribution in [0.2, 0.25) is 0 Å². The van der Waals surface area contributed by atoms with E-state index in [0.29, 0.717) is 0 Å². The van der Waals surface area contributed by atoms with E-state index in [1.54, 1.807) is 22.4 Å². The smallest absolute Gasteiger partial charge is 0.333 e. The molecule has 6 heteroatoms. The Labute approximate surface area is 131 Å². The Morgan fingerprint density at radius 1 is 1.09 bits per heavy atom. The number of pyridine rings is 1. The van der Waals surface area contributed by atoms with Gasteiger partial charge in [-0.15, -0.1) is 0 Å². The molecule has 6 nitrogen and oxygen atoms in total. The van der Waals surface area contributed by atoms with Gasteiger partial charge in [0.25, 0.3) is 0 Å². The number of benzene rings is 1. The van der Waals surface area contributed by atoms with Gasteiger partial charge in [-0.05, 0) is 24.3 Å². The number of fused-ring (bicyclic) bond motifs is 2. The van der Waals surface area contributed by atoms with Crippen molar-refractivity contribution in [2.24, 2.45) is 14.1 Å². The van der Waals surface area contributed by atoms with Gasteiger partial charge in [0.2, 0.25) is 0 Å². The molecule has 0 radical (unpaired) electrons. The van der Waals surface area contributed by atoms with Crippen LogP contribution in [0.1, 0.15) is 5.69 Å². The van der Waals surface area contributed by atoms with Crippen LogP contribution in [0.3, 0.4) is 0 Å². The summed E-state index contributed by atoms with van der Waals surface area (Å²) in [5.74, 6) is 0. The molecule has 0 spiro atoms. The number of hydrogen-bond acceptors (Lipinski definition) is 3. The van der Waals surface area contributed by atoms with Gasteiger partial charge in [-0.1, -0.05) is 12.1 Å². The minimum absolute atomic E-state index is 0.0452. The van der Waals surface area contributed by atoms with Gasteiger partial charge in [0.05, 0.1) is 29.5 Å². The normalized spacial score (nSPS) is 11.6. The predicted octanol–water partition coefficient (Wildman–Crippen LogP) is 1.71. The lowest BCUT2D eigenvalue weighted by Gasteiger charge is -2.04. The molecule has 1 N–H and O–H groups in total. The Balaban J connectivity index is 2.03. The van der Waals surface area contributed by atoms with E-state index in [9.17, 15) is 9.90 Å². The number of aliphatic hydroxyl groups is 1.